The Kier molecular flexibility index (Phi) is 2.83. The number of halogens is 2. The minimum atomic E-state index is -0.288. The van der Waals surface area contributed by atoms with Crippen LogP contribution in [0.25, 0.3) is 0 Å². The highest BCUT2D eigenvalue weighted by Crippen LogP contribution is 2.22. The summed E-state index contributed by atoms with van der Waals surface area (Å²) in [6.07, 6.45) is 1.25. The lowest BCUT2D eigenvalue weighted by molar-refractivity contribution is 0.569. The van der Waals surface area contributed by atoms with Crippen molar-refractivity contribution in [1.82, 2.24) is 4.98 Å². The van der Waals surface area contributed by atoms with E-state index in [4.69, 9.17) is 0 Å². The maximum absolute atomic E-state index is 12.5. The first-order chi connectivity index (χ1) is 5.56. The van der Waals surface area contributed by atoms with Crippen molar-refractivity contribution in [2.45, 2.75) is 19.3 Å². The van der Waals surface area contributed by atoms with Crippen molar-refractivity contribution in [3.05, 3.63) is 29.8 Å². The molecule has 0 saturated heterocycles. The van der Waals surface area contributed by atoms with Gasteiger partial charge in [-0.2, -0.15) is 0 Å². The smallest absolute Gasteiger partial charge is 0.141 e. The summed E-state index contributed by atoms with van der Waals surface area (Å²) in [6, 6.07) is 3.16. The standard InChI is InChI=1S/C9H11BrFN/c1-9(2,6-10)8-4-3-7(11)5-12-8/h3-5H,6H2,1-2H3. The van der Waals surface area contributed by atoms with Crippen LogP contribution in [0.15, 0.2) is 18.3 Å². The van der Waals surface area contributed by atoms with E-state index in [0.717, 1.165) is 11.0 Å². The van der Waals surface area contributed by atoms with E-state index in [0.29, 0.717) is 0 Å². The summed E-state index contributed by atoms with van der Waals surface area (Å²) in [5.41, 5.74) is 0.869. The molecule has 0 spiro atoms. The monoisotopic (exact) mass is 231 g/mol. The van der Waals surface area contributed by atoms with E-state index in [1.165, 1.54) is 12.3 Å². The molecule has 0 atom stereocenters. The number of pyridine rings is 1. The largest absolute Gasteiger partial charge is 0.258 e. The topological polar surface area (TPSA) is 12.9 Å². The van der Waals surface area contributed by atoms with Gasteiger partial charge in [-0.1, -0.05) is 29.8 Å². The van der Waals surface area contributed by atoms with Crippen molar-refractivity contribution in [1.29, 1.82) is 0 Å². The van der Waals surface area contributed by atoms with Crippen molar-refractivity contribution in [3.63, 3.8) is 0 Å². The molecule has 0 fully saturated rings. The van der Waals surface area contributed by atoms with Gasteiger partial charge in [0.1, 0.15) is 5.82 Å². The van der Waals surface area contributed by atoms with Crippen molar-refractivity contribution in [2.24, 2.45) is 0 Å². The molecule has 0 radical (unpaired) electrons. The Hall–Kier alpha value is -0.440. The van der Waals surface area contributed by atoms with Crippen LogP contribution in [-0.4, -0.2) is 10.3 Å². The molecule has 12 heavy (non-hydrogen) atoms. The van der Waals surface area contributed by atoms with E-state index in [-0.39, 0.29) is 11.2 Å². The molecule has 66 valence electrons. The van der Waals surface area contributed by atoms with Gasteiger partial charge in [-0.25, -0.2) is 4.39 Å². The summed E-state index contributed by atoms with van der Waals surface area (Å²) in [6.45, 7) is 4.12. The van der Waals surface area contributed by atoms with E-state index in [1.54, 1.807) is 6.07 Å². The Morgan fingerprint density at radius 1 is 1.50 bits per heavy atom. The second-order valence-corrected chi connectivity index (χ2v) is 3.94. The lowest BCUT2D eigenvalue weighted by Crippen LogP contribution is -2.20. The third kappa shape index (κ3) is 2.03. The quantitative estimate of drug-likeness (QED) is 0.714. The molecule has 0 amide bonds. The first-order valence-corrected chi connectivity index (χ1v) is 4.86. The van der Waals surface area contributed by atoms with Gasteiger partial charge in [0.25, 0.3) is 0 Å². The summed E-state index contributed by atoms with van der Waals surface area (Å²) in [5, 5.41) is 0.818. The maximum Gasteiger partial charge on any atom is 0.141 e. The second-order valence-electron chi connectivity index (χ2n) is 3.38. The zero-order valence-electron chi connectivity index (χ0n) is 7.14. The van der Waals surface area contributed by atoms with E-state index in [9.17, 15) is 4.39 Å². The summed E-state index contributed by atoms with van der Waals surface area (Å²) >= 11 is 3.39. The average molecular weight is 232 g/mol. The fourth-order valence-electron chi connectivity index (χ4n) is 0.845. The first-order valence-electron chi connectivity index (χ1n) is 3.74. The molecule has 1 aromatic rings. The lowest BCUT2D eigenvalue weighted by Gasteiger charge is -2.20. The highest BCUT2D eigenvalue weighted by atomic mass is 79.9. The van der Waals surface area contributed by atoms with Crippen LogP contribution in [0.3, 0.4) is 0 Å². The molecule has 0 bridgehead atoms. The zero-order chi connectivity index (χ0) is 9.19. The molecule has 1 rings (SSSR count). The molecule has 1 heterocycles. The number of nitrogens with zero attached hydrogens (tertiary/aromatic N) is 1. The molecule has 3 heteroatoms. The molecule has 0 unspecified atom stereocenters. The number of hydrogen-bond acceptors (Lipinski definition) is 1. The van der Waals surface area contributed by atoms with Crippen LogP contribution in [0.2, 0.25) is 0 Å². The van der Waals surface area contributed by atoms with Gasteiger partial charge in [0.05, 0.1) is 6.20 Å². The molecule has 0 aliphatic carbocycles. The second kappa shape index (κ2) is 3.52. The molecule has 0 aliphatic rings. The molecule has 0 N–H and O–H groups in total. The van der Waals surface area contributed by atoms with Gasteiger partial charge in [-0.15, -0.1) is 0 Å². The summed E-state index contributed by atoms with van der Waals surface area (Å²) in [5.74, 6) is -0.288. The fraction of sp³-hybridized carbons (Fsp3) is 0.444. The number of aromatic nitrogens is 1. The van der Waals surface area contributed by atoms with Gasteiger partial charge in [-0.3, -0.25) is 4.98 Å². The van der Waals surface area contributed by atoms with Crippen LogP contribution in [0.1, 0.15) is 19.5 Å². The summed E-state index contributed by atoms with van der Waals surface area (Å²) < 4.78 is 12.5. The third-order valence-corrected chi connectivity index (χ3v) is 3.16. The van der Waals surface area contributed by atoms with Crippen LogP contribution in [0.4, 0.5) is 4.39 Å². The fourth-order valence-corrected chi connectivity index (χ4v) is 1.13. The SMILES string of the molecule is CC(C)(CBr)c1ccc(F)cn1. The molecule has 0 aromatic carbocycles. The number of rotatable bonds is 2. The molecule has 0 aliphatic heterocycles. The van der Waals surface area contributed by atoms with Gasteiger partial charge in [-0.05, 0) is 12.1 Å². The highest BCUT2D eigenvalue weighted by Gasteiger charge is 2.19. The highest BCUT2D eigenvalue weighted by molar-refractivity contribution is 9.09. The molecular formula is C9H11BrFN. The average Bonchev–Trinajstić information content (AvgIpc) is 2.05. The zero-order valence-corrected chi connectivity index (χ0v) is 8.73. The summed E-state index contributed by atoms with van der Waals surface area (Å²) in [7, 11) is 0. The molecule has 0 saturated carbocycles. The van der Waals surface area contributed by atoms with Gasteiger partial charge in [0.2, 0.25) is 0 Å². The predicted octanol–water partition coefficient (Wildman–Crippen LogP) is 2.89. The third-order valence-electron chi connectivity index (χ3n) is 1.75. The maximum atomic E-state index is 12.5. The van der Waals surface area contributed by atoms with Gasteiger partial charge >= 0.3 is 0 Å². The molecule has 1 nitrogen and oxygen atoms in total. The molecule has 1 aromatic heterocycles. The minimum absolute atomic E-state index is 0.0340. The molecular weight excluding hydrogens is 221 g/mol. The number of hydrogen-bond donors (Lipinski definition) is 0. The first kappa shape index (κ1) is 9.65. The lowest BCUT2D eigenvalue weighted by atomic mass is 9.92. The van der Waals surface area contributed by atoms with E-state index < -0.39 is 0 Å². The van der Waals surface area contributed by atoms with Crippen molar-refractivity contribution in [3.8, 4) is 0 Å². The minimum Gasteiger partial charge on any atom is -0.258 e. The van der Waals surface area contributed by atoms with Gasteiger partial charge < -0.3 is 0 Å². The van der Waals surface area contributed by atoms with Crippen molar-refractivity contribution in [2.75, 3.05) is 5.33 Å². The van der Waals surface area contributed by atoms with Crippen LogP contribution in [0.5, 0.6) is 0 Å². The predicted molar refractivity (Wildman–Crippen MR) is 51.0 cm³/mol. The van der Waals surface area contributed by atoms with Crippen LogP contribution in [-0.2, 0) is 5.41 Å². The van der Waals surface area contributed by atoms with Crippen molar-refractivity contribution < 1.29 is 4.39 Å². The Morgan fingerprint density at radius 2 is 2.17 bits per heavy atom. The van der Waals surface area contributed by atoms with Crippen LogP contribution >= 0.6 is 15.9 Å². The van der Waals surface area contributed by atoms with Crippen LogP contribution in [0, 0.1) is 5.82 Å². The Morgan fingerprint density at radius 3 is 2.58 bits per heavy atom. The van der Waals surface area contributed by atoms with Crippen molar-refractivity contribution >= 4 is 15.9 Å². The van der Waals surface area contributed by atoms with Gasteiger partial charge in [0, 0.05) is 16.4 Å². The van der Waals surface area contributed by atoms with E-state index in [2.05, 4.69) is 34.8 Å². The Labute approximate surface area is 80.1 Å². The van der Waals surface area contributed by atoms with Gasteiger partial charge in [0.15, 0.2) is 0 Å². The summed E-state index contributed by atoms with van der Waals surface area (Å²) in [4.78, 5) is 4.02. The Bertz CT molecular complexity index is 256. The van der Waals surface area contributed by atoms with E-state index in [1.807, 2.05) is 0 Å². The van der Waals surface area contributed by atoms with Crippen LogP contribution < -0.4 is 0 Å². The Balaban J connectivity index is 2.96. The van der Waals surface area contributed by atoms with E-state index >= 15 is 0 Å². The normalized spacial score (nSPS) is 11.7. The number of alkyl halides is 1.